The first-order valence-corrected chi connectivity index (χ1v) is 8.67. The first-order valence-electron chi connectivity index (χ1n) is 8.67. The van der Waals surface area contributed by atoms with E-state index in [9.17, 15) is 14.4 Å². The summed E-state index contributed by atoms with van der Waals surface area (Å²) in [6, 6.07) is 22.3. The third kappa shape index (κ3) is 4.62. The fourth-order valence-corrected chi connectivity index (χ4v) is 2.61. The molecule has 0 atom stereocenters. The molecule has 0 radical (unpaired) electrons. The molecule has 28 heavy (non-hydrogen) atoms. The first-order chi connectivity index (χ1) is 13.5. The van der Waals surface area contributed by atoms with Crippen LogP contribution >= 0.6 is 0 Å². The number of rotatable bonds is 4. The fourth-order valence-electron chi connectivity index (χ4n) is 2.61. The van der Waals surface area contributed by atoms with Crippen molar-refractivity contribution in [2.24, 2.45) is 0 Å². The molecule has 0 aliphatic carbocycles. The van der Waals surface area contributed by atoms with Crippen LogP contribution in [0.1, 0.15) is 36.6 Å². The largest absolute Gasteiger partial charge is 0.321 e. The van der Waals surface area contributed by atoms with Gasteiger partial charge in [-0.15, -0.1) is 0 Å². The number of hydrogen-bond acceptors (Lipinski definition) is 3. The van der Waals surface area contributed by atoms with E-state index >= 15 is 0 Å². The van der Waals surface area contributed by atoms with Gasteiger partial charge in [-0.05, 0) is 43.3 Å². The number of benzene rings is 3. The maximum Gasteiger partial charge on any atom is 0.271 e. The normalized spacial score (nSPS) is 10.0. The van der Waals surface area contributed by atoms with Crippen LogP contribution < -0.4 is 16.2 Å². The second-order valence-corrected chi connectivity index (χ2v) is 6.14. The maximum absolute atomic E-state index is 12.5. The Labute approximate surface area is 162 Å². The molecule has 3 amide bonds. The molecule has 0 unspecified atom stereocenters. The third-order valence-corrected chi connectivity index (χ3v) is 4.03. The Balaban J connectivity index is 1.70. The van der Waals surface area contributed by atoms with Gasteiger partial charge in [0.2, 0.25) is 0 Å². The summed E-state index contributed by atoms with van der Waals surface area (Å²) >= 11 is 0. The van der Waals surface area contributed by atoms with E-state index in [-0.39, 0.29) is 11.5 Å². The molecule has 6 nitrogen and oxygen atoms in total. The van der Waals surface area contributed by atoms with E-state index in [1.807, 2.05) is 13.0 Å². The molecule has 0 spiro atoms. The number of hydrazine groups is 1. The highest BCUT2D eigenvalue weighted by Gasteiger charge is 2.15. The van der Waals surface area contributed by atoms with Gasteiger partial charge < -0.3 is 5.32 Å². The second kappa shape index (κ2) is 8.64. The lowest BCUT2D eigenvalue weighted by molar-refractivity contribution is 0.0847. The van der Waals surface area contributed by atoms with Crippen molar-refractivity contribution in [2.45, 2.75) is 6.92 Å². The van der Waals surface area contributed by atoms with E-state index in [0.29, 0.717) is 16.8 Å². The van der Waals surface area contributed by atoms with Crippen LogP contribution in [0, 0.1) is 6.92 Å². The molecule has 0 saturated carbocycles. The zero-order valence-corrected chi connectivity index (χ0v) is 15.2. The van der Waals surface area contributed by atoms with Crippen LogP contribution in [0.5, 0.6) is 0 Å². The van der Waals surface area contributed by atoms with E-state index in [1.165, 1.54) is 0 Å². The quantitative estimate of drug-likeness (QED) is 0.613. The molecule has 0 fully saturated rings. The lowest BCUT2D eigenvalue weighted by Crippen LogP contribution is -2.41. The van der Waals surface area contributed by atoms with E-state index in [0.717, 1.165) is 5.56 Å². The molecule has 0 aliphatic heterocycles. The van der Waals surface area contributed by atoms with Crippen molar-refractivity contribution >= 4 is 23.4 Å². The van der Waals surface area contributed by atoms with Gasteiger partial charge in [-0.3, -0.25) is 25.2 Å². The standard InChI is InChI=1S/C22H19N3O3/c1-15-8-7-11-17(14-15)20(26)23-19-13-6-5-12-18(19)22(28)25-24-21(27)16-9-3-2-4-10-16/h2-14H,1H3,(H,23,26)(H,24,27)(H,25,28). The molecular weight excluding hydrogens is 354 g/mol. The van der Waals surface area contributed by atoms with E-state index in [1.54, 1.807) is 72.8 Å². The number of hydrogen-bond donors (Lipinski definition) is 3. The van der Waals surface area contributed by atoms with E-state index < -0.39 is 11.8 Å². The fraction of sp³-hybridized carbons (Fsp3) is 0.0455. The molecule has 6 heteroatoms. The summed E-state index contributed by atoms with van der Waals surface area (Å²) in [4.78, 5) is 37.0. The SMILES string of the molecule is Cc1cccc(C(=O)Nc2ccccc2C(=O)NNC(=O)c2ccccc2)c1. The number of para-hydroxylation sites is 1. The highest BCUT2D eigenvalue weighted by Crippen LogP contribution is 2.16. The van der Waals surface area contributed by atoms with Gasteiger partial charge in [0.15, 0.2) is 0 Å². The van der Waals surface area contributed by atoms with Gasteiger partial charge in [-0.2, -0.15) is 0 Å². The number of anilines is 1. The molecule has 3 aromatic carbocycles. The van der Waals surface area contributed by atoms with E-state index in [4.69, 9.17) is 0 Å². The zero-order valence-electron chi connectivity index (χ0n) is 15.2. The molecule has 3 N–H and O–H groups in total. The Hall–Kier alpha value is -3.93. The summed E-state index contributed by atoms with van der Waals surface area (Å²) in [6.45, 7) is 1.90. The van der Waals surface area contributed by atoms with Crippen LogP contribution in [0.4, 0.5) is 5.69 Å². The van der Waals surface area contributed by atoms with Crippen LogP contribution in [-0.2, 0) is 0 Å². The lowest BCUT2D eigenvalue weighted by Gasteiger charge is -2.12. The Bertz CT molecular complexity index is 1020. The average molecular weight is 373 g/mol. The molecule has 140 valence electrons. The number of nitrogens with one attached hydrogen (secondary N) is 3. The van der Waals surface area contributed by atoms with Crippen LogP contribution in [0.3, 0.4) is 0 Å². The van der Waals surface area contributed by atoms with Crippen molar-refractivity contribution in [1.29, 1.82) is 0 Å². The Morgan fingerprint density at radius 2 is 1.29 bits per heavy atom. The maximum atomic E-state index is 12.5. The van der Waals surface area contributed by atoms with Gasteiger partial charge >= 0.3 is 0 Å². The predicted molar refractivity (Wildman–Crippen MR) is 107 cm³/mol. The molecule has 0 aromatic heterocycles. The van der Waals surface area contributed by atoms with E-state index in [2.05, 4.69) is 16.2 Å². The highest BCUT2D eigenvalue weighted by molar-refractivity contribution is 6.09. The van der Waals surface area contributed by atoms with Crippen molar-refractivity contribution in [2.75, 3.05) is 5.32 Å². The number of aryl methyl sites for hydroxylation is 1. The minimum atomic E-state index is -0.538. The van der Waals surface area contributed by atoms with Crippen molar-refractivity contribution in [3.8, 4) is 0 Å². The molecule has 0 saturated heterocycles. The van der Waals surface area contributed by atoms with Gasteiger partial charge in [-0.25, -0.2) is 0 Å². The Morgan fingerprint density at radius 1 is 0.643 bits per heavy atom. The molecule has 3 rings (SSSR count). The summed E-state index contributed by atoms with van der Waals surface area (Å²) in [5, 5.41) is 2.74. The van der Waals surface area contributed by atoms with Crippen molar-refractivity contribution < 1.29 is 14.4 Å². The second-order valence-electron chi connectivity index (χ2n) is 6.14. The van der Waals surface area contributed by atoms with Crippen LogP contribution in [0.15, 0.2) is 78.9 Å². The molecule has 3 aromatic rings. The summed E-state index contributed by atoms with van der Waals surface area (Å²) in [5.74, 6) is -1.29. The third-order valence-electron chi connectivity index (χ3n) is 4.03. The minimum Gasteiger partial charge on any atom is -0.321 e. The zero-order chi connectivity index (χ0) is 19.9. The molecule has 0 bridgehead atoms. The minimum absolute atomic E-state index is 0.233. The summed E-state index contributed by atoms with van der Waals surface area (Å²) in [5.41, 5.74) is 7.19. The summed E-state index contributed by atoms with van der Waals surface area (Å²) < 4.78 is 0. The molecule has 0 aliphatic rings. The smallest absolute Gasteiger partial charge is 0.271 e. The van der Waals surface area contributed by atoms with Gasteiger partial charge in [-0.1, -0.05) is 48.0 Å². The predicted octanol–water partition coefficient (Wildman–Crippen LogP) is 3.32. The average Bonchev–Trinajstić information content (AvgIpc) is 2.72. The van der Waals surface area contributed by atoms with Crippen molar-refractivity contribution in [3.63, 3.8) is 0 Å². The van der Waals surface area contributed by atoms with Gasteiger partial charge in [0.05, 0.1) is 11.3 Å². The van der Waals surface area contributed by atoms with Crippen LogP contribution in [0.2, 0.25) is 0 Å². The number of carbonyl (C=O) groups is 3. The summed E-state index contributed by atoms with van der Waals surface area (Å²) in [6.07, 6.45) is 0. The van der Waals surface area contributed by atoms with Crippen molar-refractivity contribution in [1.82, 2.24) is 10.9 Å². The van der Waals surface area contributed by atoms with Gasteiger partial charge in [0, 0.05) is 11.1 Å². The van der Waals surface area contributed by atoms with Crippen LogP contribution in [0.25, 0.3) is 0 Å². The number of amides is 3. The molecular formula is C22H19N3O3. The topological polar surface area (TPSA) is 87.3 Å². The van der Waals surface area contributed by atoms with Crippen molar-refractivity contribution in [3.05, 3.63) is 101 Å². The Kier molecular flexibility index (Phi) is 5.81. The lowest BCUT2D eigenvalue weighted by atomic mass is 10.1. The molecule has 0 heterocycles. The Morgan fingerprint density at radius 3 is 2.04 bits per heavy atom. The monoisotopic (exact) mass is 373 g/mol. The number of carbonyl (C=O) groups excluding carboxylic acids is 3. The highest BCUT2D eigenvalue weighted by atomic mass is 16.2. The first kappa shape index (κ1) is 18.8. The van der Waals surface area contributed by atoms with Gasteiger partial charge in [0.25, 0.3) is 17.7 Å². The summed E-state index contributed by atoms with van der Waals surface area (Å²) in [7, 11) is 0. The van der Waals surface area contributed by atoms with Crippen LogP contribution in [-0.4, -0.2) is 17.7 Å². The van der Waals surface area contributed by atoms with Gasteiger partial charge in [0.1, 0.15) is 0 Å².